The van der Waals surface area contributed by atoms with Crippen molar-refractivity contribution in [2.24, 2.45) is 0 Å². The third-order valence-corrected chi connectivity index (χ3v) is 1.93. The third-order valence-electron chi connectivity index (χ3n) is 1.93. The van der Waals surface area contributed by atoms with Gasteiger partial charge in [0.15, 0.2) is 6.29 Å². The van der Waals surface area contributed by atoms with Crippen LogP contribution in [0.1, 0.15) is 25.7 Å². The molecule has 1 unspecified atom stereocenters. The van der Waals surface area contributed by atoms with E-state index >= 15 is 0 Å². The normalized spacial score (nSPS) is 21.9. The van der Waals surface area contributed by atoms with Gasteiger partial charge in [-0.25, -0.2) is 5.82 Å². The predicted octanol–water partition coefficient (Wildman–Crippen LogP) is 2.31. The van der Waals surface area contributed by atoms with Crippen molar-refractivity contribution in [3.05, 3.63) is 0 Å². The molecule has 1 heterocycles. The zero-order chi connectivity index (χ0) is 11.1. The molecule has 1 atom stereocenters. The van der Waals surface area contributed by atoms with Crippen molar-refractivity contribution < 1.29 is 22.4 Å². The van der Waals surface area contributed by atoms with Gasteiger partial charge in [0.25, 0.3) is 0 Å². The number of ether oxygens (including phenoxy) is 2. The Morgan fingerprint density at radius 3 is 2.73 bits per heavy atom. The van der Waals surface area contributed by atoms with E-state index < -0.39 is 6.98 Å². The number of hydrogen-bond donors (Lipinski definition) is 0. The SMILES string of the molecule is F[B-](F)(F)C#CCCOC1CCCCO1. The van der Waals surface area contributed by atoms with Crippen molar-refractivity contribution in [2.45, 2.75) is 32.0 Å². The average molecular weight is 221 g/mol. The molecule has 0 aromatic rings. The molecule has 1 aliphatic rings. The van der Waals surface area contributed by atoms with Gasteiger partial charge >= 0.3 is 6.98 Å². The van der Waals surface area contributed by atoms with Crippen LogP contribution in [0.5, 0.6) is 0 Å². The second kappa shape index (κ2) is 6.04. The average Bonchev–Trinajstić information content (AvgIpc) is 2.17. The minimum Gasteiger partial charge on any atom is -0.438 e. The van der Waals surface area contributed by atoms with Crippen LogP contribution in [0.3, 0.4) is 0 Å². The summed E-state index contributed by atoms with van der Waals surface area (Å²) in [4.78, 5) is 0. The lowest BCUT2D eigenvalue weighted by molar-refractivity contribution is -0.161. The lowest BCUT2D eigenvalue weighted by Crippen LogP contribution is -2.22. The monoisotopic (exact) mass is 221 g/mol. The summed E-state index contributed by atoms with van der Waals surface area (Å²) in [7, 11) is 0. The van der Waals surface area contributed by atoms with Gasteiger partial charge in [0.1, 0.15) is 0 Å². The first-order chi connectivity index (χ1) is 7.08. The first kappa shape index (κ1) is 12.4. The van der Waals surface area contributed by atoms with Crippen LogP contribution in [0.15, 0.2) is 0 Å². The number of hydrogen-bond acceptors (Lipinski definition) is 2. The summed E-state index contributed by atoms with van der Waals surface area (Å²) in [6, 6.07) is 0. The van der Waals surface area contributed by atoms with E-state index in [1.54, 1.807) is 0 Å². The Morgan fingerprint density at radius 1 is 1.33 bits per heavy atom. The molecule has 0 radical (unpaired) electrons. The highest BCUT2D eigenvalue weighted by Crippen LogP contribution is 2.13. The molecule has 0 saturated carbocycles. The highest BCUT2D eigenvalue weighted by molar-refractivity contribution is 6.67. The topological polar surface area (TPSA) is 18.5 Å². The van der Waals surface area contributed by atoms with E-state index in [1.807, 2.05) is 5.92 Å². The Hall–Kier alpha value is -0.665. The van der Waals surface area contributed by atoms with E-state index in [-0.39, 0.29) is 19.3 Å². The quantitative estimate of drug-likeness (QED) is 0.413. The molecule has 1 rings (SSSR count). The van der Waals surface area contributed by atoms with E-state index in [0.29, 0.717) is 6.61 Å². The Morgan fingerprint density at radius 2 is 2.13 bits per heavy atom. The maximum atomic E-state index is 11.7. The summed E-state index contributed by atoms with van der Waals surface area (Å²) in [5.41, 5.74) is 0. The van der Waals surface area contributed by atoms with Crippen LogP contribution in [0, 0.1) is 11.7 Å². The fraction of sp³-hybridized carbons (Fsp3) is 0.778. The Labute approximate surface area is 87.2 Å². The summed E-state index contributed by atoms with van der Waals surface area (Å²) in [6.07, 6.45) is 2.73. The second-order valence-electron chi connectivity index (χ2n) is 3.31. The molecule has 0 aliphatic carbocycles. The zero-order valence-electron chi connectivity index (χ0n) is 8.35. The molecule has 0 spiro atoms. The molecule has 1 saturated heterocycles. The molecule has 86 valence electrons. The van der Waals surface area contributed by atoms with Gasteiger partial charge < -0.3 is 22.4 Å². The lowest BCUT2D eigenvalue weighted by atomic mass is 9.94. The van der Waals surface area contributed by atoms with Gasteiger partial charge in [-0.05, 0) is 19.3 Å². The van der Waals surface area contributed by atoms with Gasteiger partial charge in [0.05, 0.1) is 6.61 Å². The van der Waals surface area contributed by atoms with Crippen molar-refractivity contribution in [3.63, 3.8) is 0 Å². The molecule has 0 N–H and O–H groups in total. The molecule has 1 aliphatic heterocycles. The highest BCUT2D eigenvalue weighted by Gasteiger charge is 2.18. The summed E-state index contributed by atoms with van der Waals surface area (Å²) in [6.45, 7) is -4.12. The molecular weight excluding hydrogens is 208 g/mol. The van der Waals surface area contributed by atoms with Crippen molar-refractivity contribution in [2.75, 3.05) is 13.2 Å². The van der Waals surface area contributed by atoms with Crippen LogP contribution >= 0.6 is 0 Å². The molecule has 0 aromatic heterocycles. The molecule has 15 heavy (non-hydrogen) atoms. The van der Waals surface area contributed by atoms with E-state index in [1.165, 1.54) is 5.82 Å². The van der Waals surface area contributed by atoms with Gasteiger partial charge in [-0.15, -0.1) is 5.92 Å². The standard InChI is InChI=1S/C9H13BF3O2/c11-10(12,13)6-2-4-8-15-9-5-1-3-7-14-9/h9H,1,3-5,7-8H2/q-1. The maximum Gasteiger partial charge on any atom is 0.557 e. The molecule has 6 heteroatoms. The van der Waals surface area contributed by atoms with E-state index in [9.17, 15) is 12.9 Å². The van der Waals surface area contributed by atoms with Crippen LogP contribution < -0.4 is 0 Å². The fourth-order valence-corrected chi connectivity index (χ4v) is 1.27. The molecular formula is C9H13BF3O2-. The second-order valence-corrected chi connectivity index (χ2v) is 3.31. The van der Waals surface area contributed by atoms with Crippen LogP contribution in [0.4, 0.5) is 12.9 Å². The van der Waals surface area contributed by atoms with E-state index in [4.69, 9.17) is 9.47 Å². The summed E-state index contributed by atoms with van der Waals surface area (Å²) in [5, 5.41) is 0. The maximum absolute atomic E-state index is 11.7. The molecule has 1 fully saturated rings. The van der Waals surface area contributed by atoms with Crippen LogP contribution in [-0.4, -0.2) is 26.5 Å². The summed E-state index contributed by atoms with van der Waals surface area (Å²) >= 11 is 0. The Balaban J connectivity index is 2.07. The molecule has 0 amide bonds. The minimum atomic E-state index is -4.98. The molecule has 2 nitrogen and oxygen atoms in total. The third kappa shape index (κ3) is 6.42. The molecule has 0 bridgehead atoms. The summed E-state index contributed by atoms with van der Waals surface area (Å²) < 4.78 is 45.4. The number of rotatable bonds is 3. The molecule has 0 aromatic carbocycles. The van der Waals surface area contributed by atoms with Gasteiger partial charge in [-0.1, -0.05) is 0 Å². The van der Waals surface area contributed by atoms with Gasteiger partial charge in [-0.2, -0.15) is 0 Å². The Bertz CT molecular complexity index is 238. The van der Waals surface area contributed by atoms with E-state index in [2.05, 4.69) is 0 Å². The van der Waals surface area contributed by atoms with Crippen LogP contribution in [0.2, 0.25) is 0 Å². The highest BCUT2D eigenvalue weighted by atomic mass is 19.4. The summed E-state index contributed by atoms with van der Waals surface area (Å²) in [5.74, 6) is 3.29. The fourth-order valence-electron chi connectivity index (χ4n) is 1.27. The van der Waals surface area contributed by atoms with Gasteiger partial charge in [0.2, 0.25) is 0 Å². The number of halogens is 3. The minimum absolute atomic E-state index is 0.0983. The van der Waals surface area contributed by atoms with Crippen molar-refractivity contribution in [1.82, 2.24) is 0 Å². The smallest absolute Gasteiger partial charge is 0.438 e. The van der Waals surface area contributed by atoms with Crippen molar-refractivity contribution >= 4 is 6.98 Å². The lowest BCUT2D eigenvalue weighted by Gasteiger charge is -2.22. The first-order valence-corrected chi connectivity index (χ1v) is 5.00. The van der Waals surface area contributed by atoms with Crippen LogP contribution in [-0.2, 0) is 9.47 Å². The van der Waals surface area contributed by atoms with Gasteiger partial charge in [0, 0.05) is 13.0 Å². The van der Waals surface area contributed by atoms with Crippen molar-refractivity contribution in [3.8, 4) is 11.7 Å². The first-order valence-electron chi connectivity index (χ1n) is 5.00. The van der Waals surface area contributed by atoms with Gasteiger partial charge in [-0.3, -0.25) is 0 Å². The zero-order valence-corrected chi connectivity index (χ0v) is 8.35. The van der Waals surface area contributed by atoms with Crippen LogP contribution in [0.25, 0.3) is 0 Å². The van der Waals surface area contributed by atoms with E-state index in [0.717, 1.165) is 19.3 Å². The largest absolute Gasteiger partial charge is 0.557 e. The Kier molecular flexibility index (Phi) is 4.99. The predicted molar refractivity (Wildman–Crippen MR) is 51.0 cm³/mol. The van der Waals surface area contributed by atoms with Crippen molar-refractivity contribution in [1.29, 1.82) is 0 Å².